The van der Waals surface area contributed by atoms with Gasteiger partial charge in [-0.15, -0.1) is 0 Å². The van der Waals surface area contributed by atoms with Gasteiger partial charge in [-0.3, -0.25) is 0 Å². The minimum absolute atomic E-state index is 0.745. The summed E-state index contributed by atoms with van der Waals surface area (Å²) >= 11 is 0. The summed E-state index contributed by atoms with van der Waals surface area (Å²) < 4.78 is 10.4. The van der Waals surface area contributed by atoms with E-state index >= 15 is 0 Å². The van der Waals surface area contributed by atoms with Gasteiger partial charge in [0.1, 0.15) is 0 Å². The number of ether oxygens (including phenoxy) is 2. The Morgan fingerprint density at radius 3 is 2.07 bits per heavy atom. The fourth-order valence-corrected chi connectivity index (χ4v) is 2.28. The Bertz CT molecular complexity index is 316. The van der Waals surface area contributed by atoms with Gasteiger partial charge in [-0.05, 0) is 23.4 Å². The summed E-state index contributed by atoms with van der Waals surface area (Å²) in [4.78, 5) is 0. The van der Waals surface area contributed by atoms with Crippen LogP contribution in [-0.4, -0.2) is 22.3 Å². The number of hydrogen-bond donors (Lipinski definition) is 0. The fourth-order valence-electron chi connectivity index (χ4n) is 1.21. The van der Waals surface area contributed by atoms with E-state index < -0.39 is 8.07 Å². The zero-order valence-electron chi connectivity index (χ0n) is 9.47. The van der Waals surface area contributed by atoms with Crippen molar-refractivity contribution in [3.8, 4) is 11.5 Å². The summed E-state index contributed by atoms with van der Waals surface area (Å²) in [6.07, 6.45) is 0. The Morgan fingerprint density at radius 2 is 1.64 bits per heavy atom. The van der Waals surface area contributed by atoms with Gasteiger partial charge in [0.15, 0.2) is 11.5 Å². The molecular weight excluding hydrogens is 192 g/mol. The largest absolute Gasteiger partial charge is 0.493 e. The predicted octanol–water partition coefficient (Wildman–Crippen LogP) is 2.05. The van der Waals surface area contributed by atoms with Crippen LogP contribution in [0.1, 0.15) is 0 Å². The van der Waals surface area contributed by atoms with Crippen molar-refractivity contribution in [1.29, 1.82) is 0 Å². The smallest absolute Gasteiger partial charge is 0.161 e. The lowest BCUT2D eigenvalue weighted by atomic mass is 10.3. The van der Waals surface area contributed by atoms with Crippen molar-refractivity contribution in [1.82, 2.24) is 0 Å². The van der Waals surface area contributed by atoms with Crippen molar-refractivity contribution in [3.05, 3.63) is 18.2 Å². The van der Waals surface area contributed by atoms with Crippen LogP contribution in [0.4, 0.5) is 0 Å². The molecule has 0 saturated heterocycles. The van der Waals surface area contributed by atoms with Gasteiger partial charge in [-0.1, -0.05) is 19.6 Å². The van der Waals surface area contributed by atoms with E-state index in [1.165, 1.54) is 5.19 Å². The monoisotopic (exact) mass is 209 g/mol. The van der Waals surface area contributed by atoms with E-state index in [1.54, 1.807) is 14.2 Å². The average Bonchev–Trinajstić information content (AvgIpc) is 2.15. The van der Waals surface area contributed by atoms with Gasteiger partial charge in [0, 0.05) is 0 Å². The van der Waals surface area contributed by atoms with E-state index in [9.17, 15) is 0 Å². The van der Waals surface area contributed by atoms with Gasteiger partial charge in [0.05, 0.1) is 22.3 Å². The zero-order chi connectivity index (χ0) is 10.8. The third-order valence-corrected chi connectivity index (χ3v) is 4.03. The molecule has 2 nitrogen and oxygen atoms in total. The predicted molar refractivity (Wildman–Crippen MR) is 61.4 cm³/mol. The molecule has 1 aromatic carbocycles. The molecule has 0 saturated carbocycles. The molecule has 0 bridgehead atoms. The third kappa shape index (κ3) is 2.29. The molecule has 0 aliphatic rings. The molecule has 1 aromatic rings. The Morgan fingerprint density at radius 1 is 1.07 bits per heavy atom. The Labute approximate surface area is 86.9 Å². The molecule has 14 heavy (non-hydrogen) atoms. The zero-order valence-corrected chi connectivity index (χ0v) is 10.5. The second kappa shape index (κ2) is 4.05. The molecule has 0 heterocycles. The standard InChI is InChI=1S/C11H17O2Si/c1-12-10-7-6-9(14(3,4)5)8-11(10)13-2/h7-8H,1-5H3. The number of methoxy groups -OCH3 is 2. The van der Waals surface area contributed by atoms with E-state index in [4.69, 9.17) is 9.47 Å². The van der Waals surface area contributed by atoms with Gasteiger partial charge in [-0.25, -0.2) is 0 Å². The van der Waals surface area contributed by atoms with Crippen molar-refractivity contribution in [2.45, 2.75) is 19.6 Å². The van der Waals surface area contributed by atoms with Gasteiger partial charge in [-0.2, -0.15) is 0 Å². The van der Waals surface area contributed by atoms with Crippen molar-refractivity contribution >= 4 is 13.3 Å². The molecule has 0 unspecified atom stereocenters. The first-order chi connectivity index (χ1) is 6.49. The molecule has 1 radical (unpaired) electrons. The van der Waals surface area contributed by atoms with Crippen LogP contribution in [0, 0.1) is 6.07 Å². The maximum Gasteiger partial charge on any atom is 0.161 e. The maximum atomic E-state index is 5.25. The van der Waals surface area contributed by atoms with Crippen LogP contribution in [0.2, 0.25) is 19.6 Å². The summed E-state index contributed by atoms with van der Waals surface area (Å²) in [5.41, 5.74) is 0. The van der Waals surface area contributed by atoms with Crippen LogP contribution in [-0.2, 0) is 0 Å². The van der Waals surface area contributed by atoms with Crippen molar-refractivity contribution in [3.63, 3.8) is 0 Å². The highest BCUT2D eigenvalue weighted by atomic mass is 28.3. The molecule has 0 aliphatic carbocycles. The van der Waals surface area contributed by atoms with E-state index in [2.05, 4.69) is 25.7 Å². The van der Waals surface area contributed by atoms with Crippen LogP contribution < -0.4 is 14.7 Å². The third-order valence-electron chi connectivity index (χ3n) is 2.12. The van der Waals surface area contributed by atoms with Crippen LogP contribution in [0.5, 0.6) is 11.5 Å². The molecule has 0 spiro atoms. The molecule has 0 aliphatic heterocycles. The topological polar surface area (TPSA) is 18.5 Å². The lowest BCUT2D eigenvalue weighted by Crippen LogP contribution is -2.37. The van der Waals surface area contributed by atoms with Gasteiger partial charge in [0.2, 0.25) is 0 Å². The van der Waals surface area contributed by atoms with E-state index in [-0.39, 0.29) is 0 Å². The minimum atomic E-state index is -1.31. The molecule has 0 fully saturated rings. The van der Waals surface area contributed by atoms with E-state index in [1.807, 2.05) is 12.1 Å². The molecule has 0 amide bonds. The second-order valence-electron chi connectivity index (χ2n) is 4.23. The van der Waals surface area contributed by atoms with Crippen LogP contribution >= 0.6 is 0 Å². The quantitative estimate of drug-likeness (QED) is 0.709. The van der Waals surface area contributed by atoms with Crippen LogP contribution in [0.25, 0.3) is 0 Å². The molecule has 1 rings (SSSR count). The van der Waals surface area contributed by atoms with Crippen LogP contribution in [0.3, 0.4) is 0 Å². The normalized spacial score (nSPS) is 11.2. The lowest BCUT2D eigenvalue weighted by Gasteiger charge is -2.18. The molecule has 0 atom stereocenters. The van der Waals surface area contributed by atoms with Crippen LogP contribution in [0.15, 0.2) is 12.1 Å². The second-order valence-corrected chi connectivity index (χ2v) is 9.27. The fraction of sp³-hybridized carbons (Fsp3) is 0.455. The summed E-state index contributed by atoms with van der Waals surface area (Å²) in [6, 6.07) is 7.15. The number of rotatable bonds is 3. The maximum absolute atomic E-state index is 5.25. The van der Waals surface area contributed by atoms with Crippen molar-refractivity contribution < 1.29 is 9.47 Å². The molecule has 3 heteroatoms. The summed E-state index contributed by atoms with van der Waals surface area (Å²) in [5, 5.41) is 1.26. The first-order valence-corrected chi connectivity index (χ1v) is 8.13. The Balaban J connectivity index is 3.14. The SMILES string of the molecule is COc1c[c]c([Si](C)(C)C)cc1OC. The number of benzene rings is 1. The lowest BCUT2D eigenvalue weighted by molar-refractivity contribution is 0.355. The summed E-state index contributed by atoms with van der Waals surface area (Å²) in [5.74, 6) is 1.54. The molecule has 77 valence electrons. The highest BCUT2D eigenvalue weighted by Gasteiger charge is 2.18. The molecular formula is C11H17O2Si. The highest BCUT2D eigenvalue weighted by molar-refractivity contribution is 6.88. The van der Waals surface area contributed by atoms with Crippen molar-refractivity contribution in [2.24, 2.45) is 0 Å². The number of hydrogen-bond acceptors (Lipinski definition) is 2. The van der Waals surface area contributed by atoms with E-state index in [0.717, 1.165) is 11.5 Å². The molecule has 0 N–H and O–H groups in total. The van der Waals surface area contributed by atoms with Crippen molar-refractivity contribution in [2.75, 3.05) is 14.2 Å². The summed E-state index contributed by atoms with van der Waals surface area (Å²) in [6.45, 7) is 6.85. The minimum Gasteiger partial charge on any atom is -0.493 e. The highest BCUT2D eigenvalue weighted by Crippen LogP contribution is 2.25. The first-order valence-electron chi connectivity index (χ1n) is 4.63. The summed E-state index contributed by atoms with van der Waals surface area (Å²) in [7, 11) is 1.99. The first kappa shape index (κ1) is 11.1. The van der Waals surface area contributed by atoms with Gasteiger partial charge in [0.25, 0.3) is 0 Å². The van der Waals surface area contributed by atoms with Gasteiger partial charge < -0.3 is 9.47 Å². The van der Waals surface area contributed by atoms with Gasteiger partial charge >= 0.3 is 0 Å². The molecule has 0 aromatic heterocycles. The average molecular weight is 209 g/mol. The Hall–Kier alpha value is -0.963. The Kier molecular flexibility index (Phi) is 3.21. The van der Waals surface area contributed by atoms with E-state index in [0.29, 0.717) is 0 Å².